The summed E-state index contributed by atoms with van der Waals surface area (Å²) in [4.78, 5) is 22.3. The average molecular weight is 359 g/mol. The molecular weight excluding hydrogens is 338 g/mol. The predicted molar refractivity (Wildman–Crippen MR) is 109 cm³/mol. The molecule has 0 radical (unpaired) electrons. The molecule has 1 aromatic heterocycles. The van der Waals surface area contributed by atoms with E-state index in [9.17, 15) is 9.59 Å². The Morgan fingerprint density at radius 1 is 0.889 bits per heavy atom. The quantitative estimate of drug-likeness (QED) is 0.555. The normalized spacial score (nSPS) is 10.3. The molecule has 0 fully saturated rings. The van der Waals surface area contributed by atoms with Gasteiger partial charge in [-0.2, -0.15) is 0 Å². The van der Waals surface area contributed by atoms with Crippen molar-refractivity contribution in [3.8, 4) is 5.69 Å². The van der Waals surface area contributed by atoms with Crippen LogP contribution < -0.4 is 11.3 Å². The summed E-state index contributed by atoms with van der Waals surface area (Å²) in [6.45, 7) is 1.83. The fourth-order valence-electron chi connectivity index (χ4n) is 2.87. The highest BCUT2D eigenvalue weighted by Gasteiger charge is 2.12. The minimum absolute atomic E-state index is 0.166. The molecule has 4 aromatic rings. The van der Waals surface area contributed by atoms with Crippen LogP contribution in [-0.2, 0) is 7.05 Å². The first-order valence-electron chi connectivity index (χ1n) is 8.56. The Morgan fingerprint density at radius 3 is 2.11 bits per heavy atom. The summed E-state index contributed by atoms with van der Waals surface area (Å²) in [7, 11) is 1.82. The lowest BCUT2D eigenvalue weighted by molar-refractivity contribution is 0.112. The second-order valence-electron chi connectivity index (χ2n) is 6.20. The molecule has 0 amide bonds. The third kappa shape index (κ3) is 3.67. The summed E-state index contributed by atoms with van der Waals surface area (Å²) >= 11 is 0. The summed E-state index contributed by atoms with van der Waals surface area (Å²) < 4.78 is 3.32. The lowest BCUT2D eigenvalue weighted by atomic mass is 10.1. The number of nitrogen functional groups attached to an aromatic ring is 1. The number of anilines is 1. The molecule has 0 unspecified atom stereocenters. The molecule has 27 heavy (non-hydrogen) atoms. The van der Waals surface area contributed by atoms with Crippen molar-refractivity contribution in [1.82, 2.24) is 9.36 Å². The van der Waals surface area contributed by atoms with Gasteiger partial charge in [-0.05, 0) is 35.9 Å². The van der Waals surface area contributed by atoms with Crippen LogP contribution in [0.15, 0.2) is 77.6 Å². The van der Waals surface area contributed by atoms with Crippen molar-refractivity contribution in [2.45, 2.75) is 6.92 Å². The van der Waals surface area contributed by atoms with Gasteiger partial charge in [-0.15, -0.1) is 0 Å². The van der Waals surface area contributed by atoms with Gasteiger partial charge in [-0.1, -0.05) is 54.6 Å². The van der Waals surface area contributed by atoms with Crippen molar-refractivity contribution in [2.75, 3.05) is 5.73 Å². The highest BCUT2D eigenvalue weighted by atomic mass is 16.1. The number of carbonyl (C=O) groups is 1. The first-order chi connectivity index (χ1) is 13.0. The second kappa shape index (κ2) is 7.74. The smallest absolute Gasteiger partial charge is 0.294 e. The molecule has 0 spiro atoms. The molecule has 0 aliphatic heterocycles. The summed E-state index contributed by atoms with van der Waals surface area (Å²) in [6, 6.07) is 23.1. The van der Waals surface area contributed by atoms with Gasteiger partial charge in [0.25, 0.3) is 5.56 Å². The number of carbonyl (C=O) groups excluding carboxylic acids is 1. The molecule has 1 heterocycles. The maximum Gasteiger partial charge on any atom is 0.294 e. The van der Waals surface area contributed by atoms with Crippen LogP contribution in [-0.4, -0.2) is 15.6 Å². The summed E-state index contributed by atoms with van der Waals surface area (Å²) in [5, 5.41) is 2.28. The van der Waals surface area contributed by atoms with Gasteiger partial charge in [-0.25, -0.2) is 4.68 Å². The molecule has 0 aliphatic carbocycles. The summed E-state index contributed by atoms with van der Waals surface area (Å²) in [6.07, 6.45) is 0.867. The number of para-hydroxylation sites is 1. The van der Waals surface area contributed by atoms with Crippen molar-refractivity contribution < 1.29 is 4.79 Å². The Morgan fingerprint density at radius 2 is 1.52 bits per heavy atom. The van der Waals surface area contributed by atoms with Crippen molar-refractivity contribution >= 4 is 22.7 Å². The van der Waals surface area contributed by atoms with Crippen LogP contribution >= 0.6 is 0 Å². The van der Waals surface area contributed by atoms with Gasteiger partial charge in [0.1, 0.15) is 12.0 Å². The van der Waals surface area contributed by atoms with E-state index in [4.69, 9.17) is 5.73 Å². The Hall–Kier alpha value is -3.60. The average Bonchev–Trinajstić information content (AvgIpc) is 2.91. The van der Waals surface area contributed by atoms with Crippen LogP contribution in [0.3, 0.4) is 0 Å². The first-order valence-corrected chi connectivity index (χ1v) is 8.56. The molecule has 0 atom stereocenters. The van der Waals surface area contributed by atoms with Crippen LogP contribution in [0.1, 0.15) is 16.1 Å². The van der Waals surface area contributed by atoms with Gasteiger partial charge in [0.15, 0.2) is 0 Å². The maximum absolute atomic E-state index is 11.8. The van der Waals surface area contributed by atoms with Crippen LogP contribution in [0.5, 0.6) is 0 Å². The van der Waals surface area contributed by atoms with Crippen LogP contribution in [0.4, 0.5) is 5.69 Å². The minimum Gasteiger partial charge on any atom is -0.393 e. The number of nitrogens with two attached hydrogens (primary N) is 1. The highest BCUT2D eigenvalue weighted by Crippen LogP contribution is 2.14. The van der Waals surface area contributed by atoms with E-state index in [1.807, 2.05) is 86.8 Å². The number of aldehydes is 1. The SMILES string of the molecule is Cc1c(N)c(=O)n(-c2ccccc2)n1C.O=Cc1ccc2ccccc2c1. The van der Waals surface area contributed by atoms with E-state index in [-0.39, 0.29) is 5.56 Å². The van der Waals surface area contributed by atoms with Gasteiger partial charge < -0.3 is 5.73 Å². The van der Waals surface area contributed by atoms with Gasteiger partial charge >= 0.3 is 0 Å². The van der Waals surface area contributed by atoms with Gasteiger partial charge in [0.05, 0.1) is 11.4 Å². The summed E-state index contributed by atoms with van der Waals surface area (Å²) in [5.74, 6) is 0. The number of rotatable bonds is 2. The van der Waals surface area contributed by atoms with E-state index in [2.05, 4.69) is 0 Å². The van der Waals surface area contributed by atoms with E-state index >= 15 is 0 Å². The Labute approximate surface area is 157 Å². The predicted octanol–water partition coefficient (Wildman–Crippen LogP) is 3.72. The molecule has 4 rings (SSSR count). The van der Waals surface area contributed by atoms with Crippen LogP contribution in [0.2, 0.25) is 0 Å². The molecule has 5 nitrogen and oxygen atoms in total. The van der Waals surface area contributed by atoms with Crippen molar-refractivity contribution in [3.63, 3.8) is 0 Å². The Balaban J connectivity index is 0.000000159. The third-order valence-corrected chi connectivity index (χ3v) is 4.51. The number of hydrogen-bond acceptors (Lipinski definition) is 3. The maximum atomic E-state index is 11.8. The van der Waals surface area contributed by atoms with E-state index < -0.39 is 0 Å². The lowest BCUT2D eigenvalue weighted by Gasteiger charge is -2.07. The molecule has 0 aliphatic rings. The standard InChI is InChI=1S/C11H13N3O.C11H8O/c1-8-10(12)11(15)14(13(8)2)9-6-4-3-5-7-9;12-8-9-5-6-10-3-1-2-4-11(10)7-9/h3-7H,12H2,1-2H3;1-8H. The number of fused-ring (bicyclic) bond motifs is 1. The molecular formula is C22H21N3O2. The molecule has 136 valence electrons. The molecule has 0 bridgehead atoms. The zero-order valence-electron chi connectivity index (χ0n) is 15.3. The van der Waals surface area contributed by atoms with E-state index in [1.165, 1.54) is 5.39 Å². The monoisotopic (exact) mass is 359 g/mol. The van der Waals surface area contributed by atoms with Crippen molar-refractivity contribution in [3.05, 3.63) is 94.4 Å². The molecule has 2 N–H and O–H groups in total. The zero-order chi connectivity index (χ0) is 19.4. The zero-order valence-corrected chi connectivity index (χ0v) is 15.3. The second-order valence-corrected chi connectivity index (χ2v) is 6.20. The number of nitrogens with zero attached hydrogens (tertiary/aromatic N) is 2. The van der Waals surface area contributed by atoms with Crippen molar-refractivity contribution in [2.24, 2.45) is 7.05 Å². The fraction of sp³-hybridized carbons (Fsp3) is 0.0909. The van der Waals surface area contributed by atoms with E-state index in [0.717, 1.165) is 28.6 Å². The largest absolute Gasteiger partial charge is 0.393 e. The van der Waals surface area contributed by atoms with E-state index in [1.54, 1.807) is 9.36 Å². The van der Waals surface area contributed by atoms with Crippen LogP contribution in [0, 0.1) is 6.92 Å². The topological polar surface area (TPSA) is 70.0 Å². The Kier molecular flexibility index (Phi) is 5.22. The Bertz CT molecular complexity index is 1140. The molecule has 0 saturated carbocycles. The molecule has 0 saturated heterocycles. The molecule has 3 aromatic carbocycles. The number of benzene rings is 3. The number of hydrogen-bond donors (Lipinski definition) is 1. The van der Waals surface area contributed by atoms with Gasteiger partial charge in [0, 0.05) is 12.6 Å². The van der Waals surface area contributed by atoms with Gasteiger partial charge in [-0.3, -0.25) is 14.3 Å². The van der Waals surface area contributed by atoms with Gasteiger partial charge in [0.2, 0.25) is 0 Å². The fourth-order valence-corrected chi connectivity index (χ4v) is 2.87. The van der Waals surface area contributed by atoms with Crippen molar-refractivity contribution in [1.29, 1.82) is 0 Å². The minimum atomic E-state index is -0.166. The highest BCUT2D eigenvalue weighted by molar-refractivity contribution is 5.88. The lowest BCUT2D eigenvalue weighted by Crippen LogP contribution is -2.20. The first kappa shape index (κ1) is 18.2. The van der Waals surface area contributed by atoms with Crippen LogP contribution in [0.25, 0.3) is 16.5 Å². The third-order valence-electron chi connectivity index (χ3n) is 4.51. The molecule has 5 heteroatoms. The number of aromatic nitrogens is 2. The summed E-state index contributed by atoms with van der Waals surface area (Å²) in [5.41, 5.74) is 8.16. The van der Waals surface area contributed by atoms with E-state index in [0.29, 0.717) is 5.69 Å².